The van der Waals surface area contributed by atoms with E-state index in [1.165, 1.54) is 0 Å². The van der Waals surface area contributed by atoms with Crippen LogP contribution in [0.5, 0.6) is 0 Å². The first-order valence-electron chi connectivity index (χ1n) is 4.74. The second-order valence-electron chi connectivity index (χ2n) is 3.33. The van der Waals surface area contributed by atoms with Gasteiger partial charge < -0.3 is 14.6 Å². The third-order valence-electron chi connectivity index (χ3n) is 2.27. The lowest BCUT2D eigenvalue weighted by Crippen LogP contribution is -2.05. The minimum absolute atomic E-state index is 0.0514. The number of hydrogen-bond donors (Lipinski definition) is 2. The lowest BCUT2D eigenvalue weighted by Gasteiger charge is -1.99. The first-order chi connectivity index (χ1) is 8.11. The van der Waals surface area contributed by atoms with E-state index in [-0.39, 0.29) is 16.9 Å². The number of carboxylic acids is 2. The molecule has 5 nitrogen and oxygen atoms in total. The van der Waals surface area contributed by atoms with Crippen molar-refractivity contribution < 1.29 is 24.2 Å². The molecule has 0 saturated carbocycles. The molecule has 0 atom stereocenters. The van der Waals surface area contributed by atoms with Crippen LogP contribution in [-0.4, -0.2) is 22.2 Å². The van der Waals surface area contributed by atoms with E-state index in [0.717, 1.165) is 6.26 Å². The lowest BCUT2D eigenvalue weighted by molar-refractivity contribution is 0.0653. The van der Waals surface area contributed by atoms with E-state index >= 15 is 0 Å². The van der Waals surface area contributed by atoms with Crippen LogP contribution < -0.4 is 0 Å². The molecule has 5 heteroatoms. The summed E-state index contributed by atoms with van der Waals surface area (Å²) in [5.41, 5.74) is -0.155. The Bertz CT molecular complexity index is 568. The molecule has 0 aliphatic carbocycles. The zero-order valence-corrected chi connectivity index (χ0v) is 8.58. The van der Waals surface area contributed by atoms with E-state index in [1.807, 2.05) is 0 Å². The summed E-state index contributed by atoms with van der Waals surface area (Å²) >= 11 is 0. The van der Waals surface area contributed by atoms with Crippen molar-refractivity contribution >= 4 is 11.9 Å². The summed E-state index contributed by atoms with van der Waals surface area (Å²) in [7, 11) is 0. The highest BCUT2D eigenvalue weighted by Gasteiger charge is 2.25. The SMILES string of the molecule is O=C(O)c1coc(-c2ccccc2)c1C(=O)O. The first-order valence-corrected chi connectivity index (χ1v) is 4.74. The number of rotatable bonds is 3. The van der Waals surface area contributed by atoms with Gasteiger partial charge in [0.1, 0.15) is 23.2 Å². The van der Waals surface area contributed by atoms with Crippen LogP contribution in [0.15, 0.2) is 41.0 Å². The summed E-state index contributed by atoms with van der Waals surface area (Å²) in [5.74, 6) is -2.60. The summed E-state index contributed by atoms with van der Waals surface area (Å²) in [6, 6.07) is 8.49. The Hall–Kier alpha value is -2.56. The average molecular weight is 232 g/mol. The van der Waals surface area contributed by atoms with Crippen LogP contribution >= 0.6 is 0 Å². The maximum atomic E-state index is 11.1. The second kappa shape index (κ2) is 4.13. The van der Waals surface area contributed by atoms with Gasteiger partial charge in [-0.3, -0.25) is 0 Å². The fraction of sp³-hybridized carbons (Fsp3) is 0. The van der Waals surface area contributed by atoms with Gasteiger partial charge in [-0.15, -0.1) is 0 Å². The second-order valence-corrected chi connectivity index (χ2v) is 3.33. The predicted octanol–water partition coefficient (Wildman–Crippen LogP) is 2.34. The number of carboxylic acid groups (broad SMARTS) is 2. The molecule has 0 fully saturated rings. The molecule has 2 aromatic rings. The van der Waals surface area contributed by atoms with Crippen molar-refractivity contribution in [1.82, 2.24) is 0 Å². The molecule has 0 aliphatic heterocycles. The molecule has 1 aromatic heterocycles. The summed E-state index contributed by atoms with van der Waals surface area (Å²) < 4.78 is 5.04. The van der Waals surface area contributed by atoms with Gasteiger partial charge in [-0.25, -0.2) is 9.59 Å². The molecule has 1 heterocycles. The van der Waals surface area contributed by atoms with Crippen LogP contribution in [0, 0.1) is 0 Å². The molecule has 86 valence electrons. The Labute approximate surface area is 95.9 Å². The Morgan fingerprint density at radius 2 is 1.65 bits per heavy atom. The van der Waals surface area contributed by atoms with Gasteiger partial charge in [0.2, 0.25) is 0 Å². The molecule has 2 N–H and O–H groups in total. The van der Waals surface area contributed by atoms with Gasteiger partial charge in [0, 0.05) is 5.56 Å². The summed E-state index contributed by atoms with van der Waals surface area (Å²) in [5, 5.41) is 17.9. The van der Waals surface area contributed by atoms with Gasteiger partial charge in [-0.2, -0.15) is 0 Å². The number of aromatic carboxylic acids is 2. The third kappa shape index (κ3) is 1.90. The highest BCUT2D eigenvalue weighted by Crippen LogP contribution is 2.28. The van der Waals surface area contributed by atoms with Crippen LogP contribution in [0.1, 0.15) is 20.7 Å². The quantitative estimate of drug-likeness (QED) is 0.847. The van der Waals surface area contributed by atoms with E-state index < -0.39 is 11.9 Å². The van der Waals surface area contributed by atoms with Crippen molar-refractivity contribution in [2.24, 2.45) is 0 Å². The molecule has 17 heavy (non-hydrogen) atoms. The first kappa shape index (κ1) is 10.9. The van der Waals surface area contributed by atoms with E-state index in [9.17, 15) is 9.59 Å². The van der Waals surface area contributed by atoms with Crippen molar-refractivity contribution in [2.75, 3.05) is 0 Å². The molecule has 2 rings (SSSR count). The highest BCUT2D eigenvalue weighted by molar-refractivity contribution is 6.05. The van der Waals surface area contributed by atoms with Crippen LogP contribution in [-0.2, 0) is 0 Å². The molecule has 0 unspecified atom stereocenters. The van der Waals surface area contributed by atoms with Crippen LogP contribution in [0.4, 0.5) is 0 Å². The topological polar surface area (TPSA) is 87.7 Å². The molecular formula is C12H8O5. The Morgan fingerprint density at radius 3 is 2.18 bits per heavy atom. The largest absolute Gasteiger partial charge is 0.478 e. The van der Waals surface area contributed by atoms with Crippen molar-refractivity contribution in [3.8, 4) is 11.3 Å². The Kier molecular flexibility index (Phi) is 2.66. The average Bonchev–Trinajstić information content (AvgIpc) is 2.74. The molecule has 0 amide bonds. The maximum absolute atomic E-state index is 11.1. The summed E-state index contributed by atoms with van der Waals surface area (Å²) in [6.07, 6.45) is 0.939. The van der Waals surface area contributed by atoms with E-state index in [4.69, 9.17) is 14.6 Å². The molecule has 0 bridgehead atoms. The minimum atomic E-state index is -1.33. The van der Waals surface area contributed by atoms with Gasteiger partial charge in [-0.1, -0.05) is 30.3 Å². The third-order valence-corrected chi connectivity index (χ3v) is 2.27. The van der Waals surface area contributed by atoms with Gasteiger partial charge in [0.15, 0.2) is 0 Å². The molecule has 0 saturated heterocycles. The fourth-order valence-electron chi connectivity index (χ4n) is 1.53. The number of benzene rings is 1. The fourth-order valence-corrected chi connectivity index (χ4v) is 1.53. The van der Waals surface area contributed by atoms with Crippen molar-refractivity contribution in [2.45, 2.75) is 0 Å². The van der Waals surface area contributed by atoms with Crippen molar-refractivity contribution in [3.05, 3.63) is 47.7 Å². The molecule has 0 aliphatic rings. The van der Waals surface area contributed by atoms with Crippen LogP contribution in [0.25, 0.3) is 11.3 Å². The zero-order chi connectivity index (χ0) is 12.4. The summed E-state index contributed by atoms with van der Waals surface area (Å²) in [4.78, 5) is 21.9. The van der Waals surface area contributed by atoms with E-state index in [2.05, 4.69) is 0 Å². The van der Waals surface area contributed by atoms with Crippen molar-refractivity contribution in [1.29, 1.82) is 0 Å². The molecule has 0 spiro atoms. The monoisotopic (exact) mass is 232 g/mol. The number of carbonyl (C=O) groups is 2. The molecule has 0 radical (unpaired) electrons. The van der Waals surface area contributed by atoms with Crippen molar-refractivity contribution in [3.63, 3.8) is 0 Å². The van der Waals surface area contributed by atoms with Gasteiger partial charge in [-0.05, 0) is 0 Å². The maximum Gasteiger partial charge on any atom is 0.340 e. The van der Waals surface area contributed by atoms with Gasteiger partial charge in [0.05, 0.1) is 0 Å². The number of hydrogen-bond acceptors (Lipinski definition) is 3. The summed E-state index contributed by atoms with van der Waals surface area (Å²) in [6.45, 7) is 0. The standard InChI is InChI=1S/C12H8O5/c13-11(14)8-6-17-10(9(8)12(15)16)7-4-2-1-3-5-7/h1-6H,(H,13,14)(H,15,16). The highest BCUT2D eigenvalue weighted by atomic mass is 16.4. The number of furan rings is 1. The molecule has 1 aromatic carbocycles. The predicted molar refractivity (Wildman–Crippen MR) is 58.1 cm³/mol. The smallest absolute Gasteiger partial charge is 0.340 e. The van der Waals surface area contributed by atoms with Crippen LogP contribution in [0.3, 0.4) is 0 Å². The van der Waals surface area contributed by atoms with Crippen LogP contribution in [0.2, 0.25) is 0 Å². The van der Waals surface area contributed by atoms with E-state index in [1.54, 1.807) is 30.3 Å². The minimum Gasteiger partial charge on any atom is -0.478 e. The van der Waals surface area contributed by atoms with Gasteiger partial charge in [0.25, 0.3) is 0 Å². The van der Waals surface area contributed by atoms with Gasteiger partial charge >= 0.3 is 11.9 Å². The molecular weight excluding hydrogens is 224 g/mol. The Balaban J connectivity index is 2.64. The Morgan fingerprint density at radius 1 is 1.00 bits per heavy atom. The van der Waals surface area contributed by atoms with E-state index in [0.29, 0.717) is 5.56 Å². The lowest BCUT2D eigenvalue weighted by atomic mass is 10.1. The normalized spacial score (nSPS) is 10.1. The zero-order valence-electron chi connectivity index (χ0n) is 8.58.